The minimum Gasteiger partial charge on any atom is -0.484 e. The lowest BCUT2D eigenvalue weighted by Crippen LogP contribution is -2.23. The summed E-state index contributed by atoms with van der Waals surface area (Å²) in [5, 5.41) is 2.76. The van der Waals surface area contributed by atoms with Crippen LogP contribution in [0, 0.1) is 0 Å². The van der Waals surface area contributed by atoms with Crippen LogP contribution >= 0.6 is 0 Å². The van der Waals surface area contributed by atoms with Crippen molar-refractivity contribution in [3.8, 4) is 5.75 Å². The van der Waals surface area contributed by atoms with Gasteiger partial charge >= 0.3 is 0 Å². The maximum absolute atomic E-state index is 12.2. The Bertz CT molecular complexity index is 967. The fourth-order valence-electron chi connectivity index (χ4n) is 2.87. The molecule has 0 fully saturated rings. The van der Waals surface area contributed by atoms with Crippen LogP contribution in [0.2, 0.25) is 0 Å². The van der Waals surface area contributed by atoms with Crippen molar-refractivity contribution in [3.63, 3.8) is 0 Å². The molecule has 0 radical (unpaired) electrons. The first kappa shape index (κ1) is 20.1. The lowest BCUT2D eigenvalue weighted by Gasteiger charge is -2.12. The van der Waals surface area contributed by atoms with Crippen molar-refractivity contribution in [2.45, 2.75) is 6.42 Å². The van der Waals surface area contributed by atoms with E-state index in [4.69, 9.17) is 4.74 Å². The Hall–Kier alpha value is -3.60. The average Bonchev–Trinajstić information content (AvgIpc) is 2.73. The second-order valence-electron chi connectivity index (χ2n) is 6.92. The number of carbonyl (C=O) groups excluding carboxylic acids is 2. The van der Waals surface area contributed by atoms with Gasteiger partial charge in [-0.1, -0.05) is 48.5 Å². The van der Waals surface area contributed by atoms with E-state index >= 15 is 0 Å². The molecule has 3 aromatic carbocycles. The number of hydrogen-bond donors (Lipinski definition) is 1. The molecule has 0 heterocycles. The van der Waals surface area contributed by atoms with Gasteiger partial charge in [-0.25, -0.2) is 0 Å². The largest absolute Gasteiger partial charge is 0.484 e. The normalized spacial score (nSPS) is 10.3. The van der Waals surface area contributed by atoms with Crippen LogP contribution in [0.1, 0.15) is 21.5 Å². The summed E-state index contributed by atoms with van der Waals surface area (Å²) in [6.07, 6.45) is 0.851. The monoisotopic (exact) mass is 388 g/mol. The zero-order chi connectivity index (χ0) is 20.6. The van der Waals surface area contributed by atoms with Crippen molar-refractivity contribution in [2.24, 2.45) is 0 Å². The van der Waals surface area contributed by atoms with E-state index in [1.54, 1.807) is 38.4 Å². The van der Waals surface area contributed by atoms with Crippen molar-refractivity contribution in [1.29, 1.82) is 0 Å². The molecule has 2 amide bonds. The summed E-state index contributed by atoms with van der Waals surface area (Å²) in [4.78, 5) is 25.7. The number of nitrogens with one attached hydrogen (secondary N) is 1. The number of nitrogens with zero attached hydrogens (tertiary/aromatic N) is 1. The Morgan fingerprint density at radius 2 is 1.55 bits per heavy atom. The van der Waals surface area contributed by atoms with Gasteiger partial charge in [-0.2, -0.15) is 0 Å². The van der Waals surface area contributed by atoms with Crippen LogP contribution < -0.4 is 10.1 Å². The zero-order valence-electron chi connectivity index (χ0n) is 16.6. The second kappa shape index (κ2) is 9.55. The second-order valence-corrected chi connectivity index (χ2v) is 6.92. The summed E-state index contributed by atoms with van der Waals surface area (Å²) in [5.74, 6) is 0.231. The van der Waals surface area contributed by atoms with Gasteiger partial charge in [0.25, 0.3) is 11.8 Å². The summed E-state index contributed by atoms with van der Waals surface area (Å²) >= 11 is 0. The molecule has 0 spiro atoms. The topological polar surface area (TPSA) is 58.6 Å². The third kappa shape index (κ3) is 5.94. The summed E-state index contributed by atoms with van der Waals surface area (Å²) in [7, 11) is 3.37. The number of benzene rings is 3. The molecule has 5 nitrogen and oxygen atoms in total. The standard InChI is InChI=1S/C24H24N2O3/c1-26(2)24(28)20-9-6-10-21(16-20)25-23(27)17-29-22-13-11-19(12-14-22)15-18-7-4-3-5-8-18/h3-14,16H,15,17H2,1-2H3,(H,25,27). The van der Waals surface area contributed by atoms with E-state index in [2.05, 4.69) is 17.4 Å². The first-order valence-corrected chi connectivity index (χ1v) is 9.38. The van der Waals surface area contributed by atoms with Gasteiger partial charge in [0.1, 0.15) is 5.75 Å². The van der Waals surface area contributed by atoms with E-state index in [0.717, 1.165) is 6.42 Å². The van der Waals surface area contributed by atoms with Gasteiger partial charge in [0.05, 0.1) is 0 Å². The molecule has 0 bridgehead atoms. The van der Waals surface area contributed by atoms with E-state index in [1.807, 2.05) is 42.5 Å². The third-order valence-electron chi connectivity index (χ3n) is 4.34. The highest BCUT2D eigenvalue weighted by Gasteiger charge is 2.10. The number of anilines is 1. The van der Waals surface area contributed by atoms with Crippen molar-refractivity contribution in [2.75, 3.05) is 26.0 Å². The van der Waals surface area contributed by atoms with Gasteiger partial charge in [-0.15, -0.1) is 0 Å². The molecule has 3 rings (SSSR count). The maximum atomic E-state index is 12.2. The fourth-order valence-corrected chi connectivity index (χ4v) is 2.87. The number of carbonyl (C=O) groups is 2. The van der Waals surface area contributed by atoms with E-state index < -0.39 is 0 Å². The van der Waals surface area contributed by atoms with Crippen molar-refractivity contribution >= 4 is 17.5 Å². The fraction of sp³-hybridized carbons (Fsp3) is 0.167. The molecule has 0 aliphatic carbocycles. The van der Waals surface area contributed by atoms with Gasteiger partial charge in [0.15, 0.2) is 6.61 Å². The van der Waals surface area contributed by atoms with Gasteiger partial charge < -0.3 is 15.0 Å². The number of rotatable bonds is 7. The molecule has 29 heavy (non-hydrogen) atoms. The van der Waals surface area contributed by atoms with E-state index in [1.165, 1.54) is 16.0 Å². The van der Waals surface area contributed by atoms with Gasteiger partial charge in [-0.3, -0.25) is 9.59 Å². The highest BCUT2D eigenvalue weighted by Crippen LogP contribution is 2.16. The van der Waals surface area contributed by atoms with Crippen molar-refractivity contribution < 1.29 is 14.3 Å². The van der Waals surface area contributed by atoms with Crippen LogP contribution in [0.15, 0.2) is 78.9 Å². The van der Waals surface area contributed by atoms with Crippen LogP contribution in [0.5, 0.6) is 5.75 Å². The highest BCUT2D eigenvalue weighted by molar-refractivity contribution is 5.97. The minimum absolute atomic E-state index is 0.107. The maximum Gasteiger partial charge on any atom is 0.262 e. The van der Waals surface area contributed by atoms with Crippen LogP contribution in [0.25, 0.3) is 0 Å². The van der Waals surface area contributed by atoms with Gasteiger partial charge in [0.2, 0.25) is 0 Å². The van der Waals surface area contributed by atoms with E-state index in [9.17, 15) is 9.59 Å². The predicted molar refractivity (Wildman–Crippen MR) is 114 cm³/mol. The quantitative estimate of drug-likeness (QED) is 0.666. The molecule has 0 saturated carbocycles. The molecule has 5 heteroatoms. The molecule has 1 N–H and O–H groups in total. The van der Waals surface area contributed by atoms with Gasteiger partial charge in [0, 0.05) is 25.3 Å². The average molecular weight is 388 g/mol. The molecule has 3 aromatic rings. The van der Waals surface area contributed by atoms with Crippen LogP contribution in [0.3, 0.4) is 0 Å². The predicted octanol–water partition coefficient (Wildman–Crippen LogP) is 4.00. The minimum atomic E-state index is -0.284. The Morgan fingerprint density at radius 1 is 0.862 bits per heavy atom. The van der Waals surface area contributed by atoms with Crippen molar-refractivity contribution in [1.82, 2.24) is 4.90 Å². The lowest BCUT2D eigenvalue weighted by atomic mass is 10.1. The first-order valence-electron chi connectivity index (χ1n) is 9.38. The molecule has 0 aliphatic heterocycles. The summed E-state index contributed by atoms with van der Waals surface area (Å²) in [5.41, 5.74) is 3.50. The molecular formula is C24H24N2O3. The van der Waals surface area contributed by atoms with Crippen molar-refractivity contribution in [3.05, 3.63) is 95.6 Å². The van der Waals surface area contributed by atoms with E-state index in [0.29, 0.717) is 17.0 Å². The number of hydrogen-bond acceptors (Lipinski definition) is 3. The smallest absolute Gasteiger partial charge is 0.262 e. The Morgan fingerprint density at radius 3 is 2.24 bits per heavy atom. The Kier molecular flexibility index (Phi) is 6.63. The van der Waals surface area contributed by atoms with Crippen LogP contribution in [-0.4, -0.2) is 37.4 Å². The first-order chi connectivity index (χ1) is 14.0. The lowest BCUT2D eigenvalue weighted by molar-refractivity contribution is -0.118. The molecule has 148 valence electrons. The summed E-state index contributed by atoms with van der Waals surface area (Å²) in [6.45, 7) is -0.107. The molecular weight excluding hydrogens is 364 g/mol. The summed E-state index contributed by atoms with van der Waals surface area (Å²) < 4.78 is 5.57. The molecule has 0 aliphatic rings. The molecule has 0 saturated heterocycles. The third-order valence-corrected chi connectivity index (χ3v) is 4.34. The number of ether oxygens (including phenoxy) is 1. The molecule has 0 aromatic heterocycles. The Balaban J connectivity index is 1.52. The van der Waals surface area contributed by atoms with E-state index in [-0.39, 0.29) is 18.4 Å². The Labute approximate surface area is 170 Å². The molecule has 0 atom stereocenters. The van der Waals surface area contributed by atoms with Crippen LogP contribution in [0.4, 0.5) is 5.69 Å². The number of amides is 2. The summed E-state index contributed by atoms with van der Waals surface area (Å²) in [6, 6.07) is 24.8. The van der Waals surface area contributed by atoms with Gasteiger partial charge in [-0.05, 0) is 47.9 Å². The SMILES string of the molecule is CN(C)C(=O)c1cccc(NC(=O)COc2ccc(Cc3ccccc3)cc2)c1. The zero-order valence-corrected chi connectivity index (χ0v) is 16.6. The van der Waals surface area contributed by atoms with Crippen LogP contribution in [-0.2, 0) is 11.2 Å². The molecule has 0 unspecified atom stereocenters. The highest BCUT2D eigenvalue weighted by atomic mass is 16.5.